The minimum Gasteiger partial charge on any atom is -0.324 e. The predicted molar refractivity (Wildman–Crippen MR) is 58.6 cm³/mol. The molecule has 0 aromatic heterocycles. The van der Waals surface area contributed by atoms with E-state index in [0.29, 0.717) is 5.92 Å². The van der Waals surface area contributed by atoms with Crippen LogP contribution in [0.25, 0.3) is 0 Å². The zero-order valence-corrected chi connectivity index (χ0v) is 9.31. The lowest BCUT2D eigenvalue weighted by molar-refractivity contribution is 0.239. The molecule has 1 rings (SSSR count). The van der Waals surface area contributed by atoms with Gasteiger partial charge in [-0.3, -0.25) is 0 Å². The highest BCUT2D eigenvalue weighted by atomic mass is 35.5. The molecule has 3 atom stereocenters. The number of halogens is 1. The molecule has 0 heterocycles. The van der Waals surface area contributed by atoms with Crippen LogP contribution >= 0.6 is 11.6 Å². The van der Waals surface area contributed by atoms with E-state index >= 15 is 0 Å². The summed E-state index contributed by atoms with van der Waals surface area (Å²) >= 11 is 5.88. The fourth-order valence-electron chi connectivity index (χ4n) is 1.71. The molecule has 13 heavy (non-hydrogen) atoms. The van der Waals surface area contributed by atoms with Gasteiger partial charge < -0.3 is 5.73 Å². The van der Waals surface area contributed by atoms with Crippen molar-refractivity contribution >= 4 is 11.6 Å². The number of rotatable bonds is 2. The molecule has 0 aliphatic heterocycles. The van der Waals surface area contributed by atoms with Crippen LogP contribution in [0.3, 0.4) is 0 Å². The Labute approximate surface area is 85.6 Å². The fourth-order valence-corrected chi connectivity index (χ4v) is 1.91. The minimum absolute atomic E-state index is 0.0416. The molecule has 1 nitrogen and oxygen atoms in total. The van der Waals surface area contributed by atoms with Gasteiger partial charge in [-0.2, -0.15) is 0 Å². The summed E-state index contributed by atoms with van der Waals surface area (Å²) in [5.74, 6) is 0.583. The van der Waals surface area contributed by atoms with Crippen LogP contribution in [0, 0.1) is 11.3 Å². The monoisotopic (exact) mass is 199 g/mol. The molecule has 74 valence electrons. The second kappa shape index (κ2) is 3.85. The van der Waals surface area contributed by atoms with E-state index in [1.54, 1.807) is 0 Å². The van der Waals surface area contributed by atoms with Gasteiger partial charge in [0.1, 0.15) is 0 Å². The Morgan fingerprint density at radius 1 is 1.69 bits per heavy atom. The van der Waals surface area contributed by atoms with E-state index < -0.39 is 0 Å². The van der Waals surface area contributed by atoms with E-state index in [1.807, 2.05) is 12.2 Å². The molecule has 1 aliphatic rings. The van der Waals surface area contributed by atoms with Crippen LogP contribution < -0.4 is 5.73 Å². The molecule has 0 fully saturated rings. The maximum Gasteiger partial charge on any atom is 0.0378 e. The molecule has 0 spiro atoms. The number of hydrogen-bond donors (Lipinski definition) is 1. The molecule has 0 aromatic rings. The lowest BCUT2D eigenvalue weighted by Crippen LogP contribution is -2.42. The molecule has 2 N–H and O–H groups in total. The summed E-state index contributed by atoms with van der Waals surface area (Å²) in [5.41, 5.74) is 6.13. The van der Waals surface area contributed by atoms with Crippen LogP contribution in [0.2, 0.25) is 0 Å². The summed E-state index contributed by atoms with van der Waals surface area (Å²) in [4.78, 5) is 0. The van der Waals surface area contributed by atoms with Gasteiger partial charge in [-0.15, -0.1) is 0 Å². The molecule has 0 radical (unpaired) electrons. The van der Waals surface area contributed by atoms with E-state index in [0.717, 1.165) is 11.5 Å². The molecule has 0 aromatic carbocycles. The highest BCUT2D eigenvalue weighted by molar-refractivity contribution is 6.31. The molecule has 0 bridgehead atoms. The zero-order chi connectivity index (χ0) is 10.1. The Hall–Kier alpha value is -0.270. The van der Waals surface area contributed by atoms with Crippen molar-refractivity contribution in [2.75, 3.05) is 0 Å². The Kier molecular flexibility index (Phi) is 3.20. The second-order valence-corrected chi connectivity index (χ2v) is 4.52. The first-order valence-electron chi connectivity index (χ1n) is 4.83. The first-order valence-corrected chi connectivity index (χ1v) is 5.20. The standard InChI is InChI=1S/C11H18ClN/c1-4-8(2)11(3)6-5-9(12)7-10(11)13/h5-8,10H,4,13H2,1-3H3. The van der Waals surface area contributed by atoms with Crippen molar-refractivity contribution in [2.45, 2.75) is 33.2 Å². The minimum atomic E-state index is 0.0416. The van der Waals surface area contributed by atoms with Crippen molar-refractivity contribution in [1.29, 1.82) is 0 Å². The number of allylic oxidation sites excluding steroid dienone is 2. The summed E-state index contributed by atoms with van der Waals surface area (Å²) in [6.45, 7) is 6.62. The molecule has 3 unspecified atom stereocenters. The van der Waals surface area contributed by atoms with Crippen molar-refractivity contribution in [2.24, 2.45) is 17.1 Å². The lowest BCUT2D eigenvalue weighted by Gasteiger charge is -2.38. The van der Waals surface area contributed by atoms with Gasteiger partial charge in [-0.25, -0.2) is 0 Å². The largest absolute Gasteiger partial charge is 0.324 e. The van der Waals surface area contributed by atoms with E-state index in [2.05, 4.69) is 26.8 Å². The summed E-state index contributed by atoms with van der Waals surface area (Å²) < 4.78 is 0. The van der Waals surface area contributed by atoms with Crippen molar-refractivity contribution in [1.82, 2.24) is 0 Å². The second-order valence-electron chi connectivity index (χ2n) is 4.09. The molecule has 1 aliphatic carbocycles. The summed E-state index contributed by atoms with van der Waals surface area (Å²) in [7, 11) is 0. The maximum atomic E-state index is 6.07. The van der Waals surface area contributed by atoms with Gasteiger partial charge in [0, 0.05) is 16.5 Å². The van der Waals surface area contributed by atoms with Crippen molar-refractivity contribution in [3.8, 4) is 0 Å². The van der Waals surface area contributed by atoms with Crippen LogP contribution in [0.15, 0.2) is 23.3 Å². The van der Waals surface area contributed by atoms with Gasteiger partial charge in [0.2, 0.25) is 0 Å². The quantitative estimate of drug-likeness (QED) is 0.727. The average molecular weight is 200 g/mol. The summed E-state index contributed by atoms with van der Waals surface area (Å²) in [5, 5.41) is 0.758. The Morgan fingerprint density at radius 2 is 2.31 bits per heavy atom. The lowest BCUT2D eigenvalue weighted by atomic mass is 9.69. The van der Waals surface area contributed by atoms with Gasteiger partial charge >= 0.3 is 0 Å². The van der Waals surface area contributed by atoms with Gasteiger partial charge in [0.15, 0.2) is 0 Å². The molecular formula is C11H18ClN. The Balaban J connectivity index is 2.88. The first-order chi connectivity index (χ1) is 6.00. The average Bonchev–Trinajstić information content (AvgIpc) is 2.11. The smallest absolute Gasteiger partial charge is 0.0378 e. The third-order valence-corrected chi connectivity index (χ3v) is 3.58. The van der Waals surface area contributed by atoms with Crippen LogP contribution in [0.4, 0.5) is 0 Å². The molecule has 0 amide bonds. The predicted octanol–water partition coefficient (Wildman–Crippen LogP) is 3.06. The summed E-state index contributed by atoms with van der Waals surface area (Å²) in [6, 6.07) is 0.0416. The van der Waals surface area contributed by atoms with Gasteiger partial charge in [0.05, 0.1) is 0 Å². The summed E-state index contributed by atoms with van der Waals surface area (Å²) in [6.07, 6.45) is 7.18. The van der Waals surface area contributed by atoms with E-state index in [9.17, 15) is 0 Å². The fraction of sp³-hybridized carbons (Fsp3) is 0.636. The number of nitrogens with two attached hydrogens (primary N) is 1. The Morgan fingerprint density at radius 3 is 2.77 bits per heavy atom. The molecular weight excluding hydrogens is 182 g/mol. The molecule has 2 heteroatoms. The SMILES string of the molecule is CCC(C)C1(C)C=CC(Cl)=CC1N. The van der Waals surface area contributed by atoms with E-state index in [4.69, 9.17) is 17.3 Å². The topological polar surface area (TPSA) is 26.0 Å². The van der Waals surface area contributed by atoms with Crippen molar-refractivity contribution in [3.05, 3.63) is 23.3 Å². The normalized spacial score (nSPS) is 35.8. The van der Waals surface area contributed by atoms with Crippen LogP contribution in [0.1, 0.15) is 27.2 Å². The highest BCUT2D eigenvalue weighted by Crippen LogP contribution is 2.38. The van der Waals surface area contributed by atoms with Crippen LogP contribution in [-0.4, -0.2) is 6.04 Å². The third kappa shape index (κ3) is 1.97. The van der Waals surface area contributed by atoms with Crippen molar-refractivity contribution in [3.63, 3.8) is 0 Å². The Bertz CT molecular complexity index is 244. The van der Waals surface area contributed by atoms with E-state index in [-0.39, 0.29) is 11.5 Å². The van der Waals surface area contributed by atoms with Gasteiger partial charge in [-0.05, 0) is 18.1 Å². The third-order valence-electron chi connectivity index (χ3n) is 3.33. The van der Waals surface area contributed by atoms with Crippen LogP contribution in [0.5, 0.6) is 0 Å². The molecule has 0 saturated carbocycles. The van der Waals surface area contributed by atoms with Gasteiger partial charge in [0.25, 0.3) is 0 Å². The first kappa shape index (κ1) is 10.8. The molecule has 0 saturated heterocycles. The number of hydrogen-bond acceptors (Lipinski definition) is 1. The van der Waals surface area contributed by atoms with Crippen LogP contribution in [-0.2, 0) is 0 Å². The van der Waals surface area contributed by atoms with Gasteiger partial charge in [-0.1, -0.05) is 44.9 Å². The highest BCUT2D eigenvalue weighted by Gasteiger charge is 2.34. The van der Waals surface area contributed by atoms with Crippen molar-refractivity contribution < 1.29 is 0 Å². The van der Waals surface area contributed by atoms with E-state index in [1.165, 1.54) is 0 Å². The maximum absolute atomic E-state index is 6.07. The zero-order valence-electron chi connectivity index (χ0n) is 8.55.